The van der Waals surface area contributed by atoms with Crippen LogP contribution in [0.15, 0.2) is 53.3 Å². The molecule has 0 spiro atoms. The number of carbonyl (C=O) groups is 1. The summed E-state index contributed by atoms with van der Waals surface area (Å²) >= 11 is 0. The first-order valence-electron chi connectivity index (χ1n) is 6.70. The summed E-state index contributed by atoms with van der Waals surface area (Å²) in [4.78, 5) is 19.9. The third-order valence-corrected chi connectivity index (χ3v) is 3.08. The van der Waals surface area contributed by atoms with Gasteiger partial charge in [0.2, 0.25) is 5.82 Å². The SMILES string of the molecule is Cc1ccccc1-c1noc(COC(=O)c2cccnc2)n1. The summed E-state index contributed by atoms with van der Waals surface area (Å²) in [7, 11) is 0. The second-order valence-corrected chi connectivity index (χ2v) is 4.64. The molecule has 0 fully saturated rings. The average Bonchev–Trinajstić information content (AvgIpc) is 3.02. The molecule has 0 atom stereocenters. The van der Waals surface area contributed by atoms with Gasteiger partial charge < -0.3 is 9.26 Å². The molecule has 0 aliphatic carbocycles. The van der Waals surface area contributed by atoms with Crippen LogP contribution in [-0.2, 0) is 11.3 Å². The van der Waals surface area contributed by atoms with Crippen molar-refractivity contribution in [3.05, 3.63) is 65.8 Å². The monoisotopic (exact) mass is 295 g/mol. The Labute approximate surface area is 126 Å². The second-order valence-electron chi connectivity index (χ2n) is 4.64. The topological polar surface area (TPSA) is 78.1 Å². The minimum Gasteiger partial charge on any atom is -0.452 e. The van der Waals surface area contributed by atoms with Gasteiger partial charge >= 0.3 is 5.97 Å². The highest BCUT2D eigenvalue weighted by molar-refractivity contribution is 5.88. The Balaban J connectivity index is 1.68. The van der Waals surface area contributed by atoms with E-state index in [2.05, 4.69) is 15.1 Å². The average molecular weight is 295 g/mol. The molecule has 22 heavy (non-hydrogen) atoms. The molecule has 0 saturated heterocycles. The fourth-order valence-corrected chi connectivity index (χ4v) is 1.94. The van der Waals surface area contributed by atoms with Crippen LogP contribution in [0.5, 0.6) is 0 Å². The number of benzene rings is 1. The maximum absolute atomic E-state index is 11.8. The maximum Gasteiger partial charge on any atom is 0.340 e. The first kappa shape index (κ1) is 13.9. The number of hydrogen-bond donors (Lipinski definition) is 0. The summed E-state index contributed by atoms with van der Waals surface area (Å²) in [6.07, 6.45) is 3.03. The number of esters is 1. The molecule has 6 heteroatoms. The minimum absolute atomic E-state index is 0.0768. The summed E-state index contributed by atoms with van der Waals surface area (Å²) in [6, 6.07) is 11.0. The van der Waals surface area contributed by atoms with Gasteiger partial charge in [-0.3, -0.25) is 4.98 Å². The van der Waals surface area contributed by atoms with Crippen molar-refractivity contribution in [3.8, 4) is 11.4 Å². The van der Waals surface area contributed by atoms with Crippen molar-refractivity contribution in [3.63, 3.8) is 0 Å². The molecule has 3 aromatic rings. The summed E-state index contributed by atoms with van der Waals surface area (Å²) < 4.78 is 10.2. The molecule has 3 rings (SSSR count). The van der Waals surface area contributed by atoms with E-state index >= 15 is 0 Å². The van der Waals surface area contributed by atoms with E-state index in [1.54, 1.807) is 18.3 Å². The quantitative estimate of drug-likeness (QED) is 0.689. The van der Waals surface area contributed by atoms with E-state index < -0.39 is 5.97 Å². The molecule has 6 nitrogen and oxygen atoms in total. The minimum atomic E-state index is -0.483. The van der Waals surface area contributed by atoms with Crippen molar-refractivity contribution in [2.75, 3.05) is 0 Å². The number of rotatable bonds is 4. The summed E-state index contributed by atoms with van der Waals surface area (Å²) in [5.74, 6) is 0.241. The molecule has 2 aromatic heterocycles. The van der Waals surface area contributed by atoms with Gasteiger partial charge in [-0.05, 0) is 24.6 Å². The molecule has 0 aliphatic rings. The van der Waals surface area contributed by atoms with E-state index in [9.17, 15) is 4.79 Å². The van der Waals surface area contributed by atoms with E-state index in [1.807, 2.05) is 31.2 Å². The fourth-order valence-electron chi connectivity index (χ4n) is 1.94. The van der Waals surface area contributed by atoms with Gasteiger partial charge in [-0.15, -0.1) is 0 Å². The number of pyridine rings is 1. The van der Waals surface area contributed by atoms with Crippen molar-refractivity contribution in [1.82, 2.24) is 15.1 Å². The zero-order valence-corrected chi connectivity index (χ0v) is 11.9. The van der Waals surface area contributed by atoms with Crippen molar-refractivity contribution < 1.29 is 14.1 Å². The molecule has 110 valence electrons. The van der Waals surface area contributed by atoms with Crippen LogP contribution < -0.4 is 0 Å². The van der Waals surface area contributed by atoms with Crippen molar-refractivity contribution in [2.24, 2.45) is 0 Å². The highest BCUT2D eigenvalue weighted by atomic mass is 16.6. The molecule has 0 bridgehead atoms. The molecular weight excluding hydrogens is 282 g/mol. The van der Waals surface area contributed by atoms with Crippen LogP contribution in [0.25, 0.3) is 11.4 Å². The van der Waals surface area contributed by atoms with E-state index in [0.29, 0.717) is 11.4 Å². The first-order valence-corrected chi connectivity index (χ1v) is 6.70. The highest BCUT2D eigenvalue weighted by Gasteiger charge is 2.13. The van der Waals surface area contributed by atoms with Crippen molar-refractivity contribution in [1.29, 1.82) is 0 Å². The number of hydrogen-bond acceptors (Lipinski definition) is 6. The molecular formula is C16H13N3O3. The van der Waals surface area contributed by atoms with E-state index in [1.165, 1.54) is 6.20 Å². The lowest BCUT2D eigenvalue weighted by Crippen LogP contribution is -2.05. The third-order valence-electron chi connectivity index (χ3n) is 3.08. The molecule has 2 heterocycles. The standard InChI is InChI=1S/C16H13N3O3/c1-11-5-2-3-7-13(11)15-18-14(22-19-15)10-21-16(20)12-6-4-8-17-9-12/h2-9H,10H2,1H3. The zero-order valence-electron chi connectivity index (χ0n) is 11.9. The zero-order chi connectivity index (χ0) is 15.4. The number of nitrogens with zero attached hydrogens (tertiary/aromatic N) is 3. The van der Waals surface area contributed by atoms with Gasteiger partial charge in [0.1, 0.15) is 0 Å². The van der Waals surface area contributed by atoms with Crippen molar-refractivity contribution in [2.45, 2.75) is 13.5 Å². The van der Waals surface area contributed by atoms with Gasteiger partial charge in [-0.25, -0.2) is 4.79 Å². The van der Waals surface area contributed by atoms with Gasteiger partial charge in [-0.2, -0.15) is 4.98 Å². The third kappa shape index (κ3) is 3.01. The van der Waals surface area contributed by atoms with Gasteiger partial charge in [0.25, 0.3) is 5.89 Å². The molecule has 0 N–H and O–H groups in total. The van der Waals surface area contributed by atoms with Crippen LogP contribution in [0, 0.1) is 6.92 Å². The van der Waals surface area contributed by atoms with Gasteiger partial charge in [0.15, 0.2) is 6.61 Å². The number of carbonyl (C=O) groups excluding carboxylic acids is 1. The highest BCUT2D eigenvalue weighted by Crippen LogP contribution is 2.20. The molecule has 0 amide bonds. The van der Waals surface area contributed by atoms with Gasteiger partial charge in [0.05, 0.1) is 5.56 Å². The normalized spacial score (nSPS) is 10.4. The maximum atomic E-state index is 11.8. The van der Waals surface area contributed by atoms with Gasteiger partial charge in [-0.1, -0.05) is 29.4 Å². The van der Waals surface area contributed by atoms with E-state index in [0.717, 1.165) is 11.1 Å². The molecule has 0 radical (unpaired) electrons. The lowest BCUT2D eigenvalue weighted by atomic mass is 10.1. The largest absolute Gasteiger partial charge is 0.452 e. The Bertz CT molecular complexity index is 784. The molecule has 1 aromatic carbocycles. The lowest BCUT2D eigenvalue weighted by Gasteiger charge is -2.00. The van der Waals surface area contributed by atoms with Crippen LogP contribution >= 0.6 is 0 Å². The molecule has 0 unspecified atom stereocenters. The Kier molecular flexibility index (Phi) is 3.91. The molecule has 0 aliphatic heterocycles. The number of ether oxygens (including phenoxy) is 1. The fraction of sp³-hybridized carbons (Fsp3) is 0.125. The second kappa shape index (κ2) is 6.17. The Morgan fingerprint density at radius 1 is 1.23 bits per heavy atom. The van der Waals surface area contributed by atoms with Gasteiger partial charge in [0, 0.05) is 18.0 Å². The van der Waals surface area contributed by atoms with E-state index in [4.69, 9.17) is 9.26 Å². The summed E-state index contributed by atoms with van der Waals surface area (Å²) in [5.41, 5.74) is 2.31. The number of aryl methyl sites for hydroxylation is 1. The predicted molar refractivity (Wildman–Crippen MR) is 77.8 cm³/mol. The van der Waals surface area contributed by atoms with Crippen LogP contribution in [0.4, 0.5) is 0 Å². The Morgan fingerprint density at radius 2 is 2.09 bits per heavy atom. The van der Waals surface area contributed by atoms with Crippen molar-refractivity contribution >= 4 is 5.97 Å². The first-order chi connectivity index (χ1) is 10.7. The number of aromatic nitrogens is 3. The smallest absolute Gasteiger partial charge is 0.340 e. The Morgan fingerprint density at radius 3 is 2.86 bits per heavy atom. The van der Waals surface area contributed by atoms with Crippen LogP contribution in [-0.4, -0.2) is 21.1 Å². The Hall–Kier alpha value is -3.02. The summed E-state index contributed by atoms with van der Waals surface area (Å²) in [6.45, 7) is 1.89. The predicted octanol–water partition coefficient (Wildman–Crippen LogP) is 2.80. The van der Waals surface area contributed by atoms with Crippen LogP contribution in [0.1, 0.15) is 21.8 Å². The van der Waals surface area contributed by atoms with Crippen LogP contribution in [0.2, 0.25) is 0 Å². The lowest BCUT2D eigenvalue weighted by molar-refractivity contribution is 0.0429. The summed E-state index contributed by atoms with van der Waals surface area (Å²) in [5, 5.41) is 3.91. The van der Waals surface area contributed by atoms with Crippen LogP contribution in [0.3, 0.4) is 0 Å². The molecule has 0 saturated carbocycles. The van der Waals surface area contributed by atoms with E-state index in [-0.39, 0.29) is 12.5 Å².